The second-order valence-electron chi connectivity index (χ2n) is 7.52. The Labute approximate surface area is 185 Å². The molecule has 4 aromatic rings. The van der Waals surface area contributed by atoms with Gasteiger partial charge in [0.25, 0.3) is 15.9 Å². The number of nitrogens with one attached hydrogen (secondary N) is 1. The molecule has 0 saturated heterocycles. The molecular formula is C24H20N2O3S2. The molecule has 7 heteroatoms. The van der Waals surface area contributed by atoms with Gasteiger partial charge >= 0.3 is 0 Å². The number of amides is 1. The molecule has 1 aliphatic rings. The topological polar surface area (TPSA) is 66.5 Å². The van der Waals surface area contributed by atoms with Gasteiger partial charge in [0.2, 0.25) is 0 Å². The van der Waals surface area contributed by atoms with Gasteiger partial charge in [0, 0.05) is 23.7 Å². The van der Waals surface area contributed by atoms with Crippen molar-refractivity contribution < 1.29 is 13.2 Å². The monoisotopic (exact) mass is 448 g/mol. The molecule has 5 nitrogen and oxygen atoms in total. The van der Waals surface area contributed by atoms with E-state index in [4.69, 9.17) is 0 Å². The number of nitrogens with zero attached hydrogens (tertiary/aromatic N) is 1. The minimum absolute atomic E-state index is 0.228. The first-order valence-corrected chi connectivity index (χ1v) is 12.2. The molecule has 0 aliphatic heterocycles. The Morgan fingerprint density at radius 3 is 2.39 bits per heavy atom. The lowest BCUT2D eigenvalue weighted by Crippen LogP contribution is -2.25. The number of anilines is 2. The highest BCUT2D eigenvalue weighted by molar-refractivity contribution is 7.94. The molecule has 0 radical (unpaired) electrons. The van der Waals surface area contributed by atoms with Gasteiger partial charge in [0.05, 0.1) is 5.69 Å². The standard InChI is InChI=1S/C24H20N2O3S2/c1-26(31(28,29)22-6-3-15-30-22)19-12-9-18(10-13-19)24(27)25-21-14-11-17-8-7-16-4-2-5-20(21)23(16)17/h2-6,9-15H,7-8H2,1H3,(H,25,27). The number of sulfonamides is 1. The maximum atomic E-state index is 12.9. The van der Waals surface area contributed by atoms with Crippen LogP contribution in [0.3, 0.4) is 0 Å². The van der Waals surface area contributed by atoms with E-state index in [-0.39, 0.29) is 10.1 Å². The Morgan fingerprint density at radius 2 is 1.68 bits per heavy atom. The maximum absolute atomic E-state index is 12.9. The summed E-state index contributed by atoms with van der Waals surface area (Å²) < 4.78 is 26.9. The zero-order valence-electron chi connectivity index (χ0n) is 16.8. The third-order valence-corrected chi connectivity index (χ3v) is 8.89. The van der Waals surface area contributed by atoms with Crippen molar-refractivity contribution in [2.24, 2.45) is 0 Å². The molecule has 1 amide bonds. The Bertz CT molecular complexity index is 1380. The quantitative estimate of drug-likeness (QED) is 0.463. The van der Waals surface area contributed by atoms with Crippen LogP contribution in [0.25, 0.3) is 10.8 Å². The van der Waals surface area contributed by atoms with Crippen LogP contribution < -0.4 is 9.62 Å². The molecule has 3 aromatic carbocycles. The Balaban J connectivity index is 1.39. The minimum Gasteiger partial charge on any atom is -0.321 e. The summed E-state index contributed by atoms with van der Waals surface area (Å²) in [7, 11) is -2.09. The van der Waals surface area contributed by atoms with Gasteiger partial charge in [-0.15, -0.1) is 11.3 Å². The van der Waals surface area contributed by atoms with E-state index in [9.17, 15) is 13.2 Å². The Hall–Kier alpha value is -3.16. The molecule has 0 unspecified atom stereocenters. The Morgan fingerprint density at radius 1 is 0.935 bits per heavy atom. The summed E-state index contributed by atoms with van der Waals surface area (Å²) in [6, 6.07) is 20.1. The summed E-state index contributed by atoms with van der Waals surface area (Å²) in [5.74, 6) is -0.228. The lowest BCUT2D eigenvalue weighted by atomic mass is 10.0. The van der Waals surface area contributed by atoms with Gasteiger partial charge in [-0.3, -0.25) is 9.10 Å². The fourth-order valence-corrected chi connectivity index (χ4v) is 6.41. The first kappa shape index (κ1) is 19.8. The fourth-order valence-electron chi connectivity index (χ4n) is 4.06. The van der Waals surface area contributed by atoms with Crippen LogP contribution >= 0.6 is 11.3 Å². The summed E-state index contributed by atoms with van der Waals surface area (Å²) in [6.45, 7) is 0. The molecule has 0 spiro atoms. The van der Waals surface area contributed by atoms with Crippen molar-refractivity contribution in [3.05, 3.63) is 88.8 Å². The van der Waals surface area contributed by atoms with Crippen LogP contribution in [0.5, 0.6) is 0 Å². The molecule has 0 atom stereocenters. The molecule has 0 fully saturated rings. The van der Waals surface area contributed by atoms with E-state index in [1.54, 1.807) is 41.8 Å². The minimum atomic E-state index is -3.61. The molecule has 0 bridgehead atoms. The van der Waals surface area contributed by atoms with E-state index in [0.29, 0.717) is 11.3 Å². The highest BCUT2D eigenvalue weighted by atomic mass is 32.2. The lowest BCUT2D eigenvalue weighted by Gasteiger charge is -2.18. The normalized spacial score (nSPS) is 12.8. The third kappa shape index (κ3) is 3.40. The molecule has 5 rings (SSSR count). The SMILES string of the molecule is CN(c1ccc(C(=O)Nc2ccc3c4c(cccc24)CC3)cc1)S(=O)(=O)c1cccs1. The van der Waals surface area contributed by atoms with E-state index in [1.165, 1.54) is 39.2 Å². The summed E-state index contributed by atoms with van der Waals surface area (Å²) in [6.07, 6.45) is 2.07. The number of hydrogen-bond donors (Lipinski definition) is 1. The van der Waals surface area contributed by atoms with E-state index in [1.807, 2.05) is 18.2 Å². The zero-order valence-corrected chi connectivity index (χ0v) is 18.5. The van der Waals surface area contributed by atoms with E-state index in [0.717, 1.165) is 23.9 Å². The molecule has 31 heavy (non-hydrogen) atoms. The van der Waals surface area contributed by atoms with Crippen molar-refractivity contribution in [1.82, 2.24) is 0 Å². The predicted octanol–water partition coefficient (Wildman–Crippen LogP) is 5.08. The van der Waals surface area contributed by atoms with E-state index in [2.05, 4.69) is 17.4 Å². The third-order valence-electron chi connectivity index (χ3n) is 5.73. The summed E-state index contributed by atoms with van der Waals surface area (Å²) in [5.41, 5.74) is 4.39. The van der Waals surface area contributed by atoms with Crippen LogP contribution in [0.2, 0.25) is 0 Å². The molecule has 0 saturated carbocycles. The average molecular weight is 449 g/mol. The van der Waals surface area contributed by atoms with Gasteiger partial charge in [0.1, 0.15) is 4.21 Å². The molecular weight excluding hydrogens is 428 g/mol. The van der Waals surface area contributed by atoms with Crippen molar-refractivity contribution in [2.45, 2.75) is 17.1 Å². The Kier molecular flexibility index (Phi) is 4.79. The van der Waals surface area contributed by atoms with Crippen LogP contribution in [-0.4, -0.2) is 21.4 Å². The highest BCUT2D eigenvalue weighted by Crippen LogP contribution is 2.35. The van der Waals surface area contributed by atoms with Crippen LogP contribution in [0.15, 0.2) is 76.3 Å². The first-order chi connectivity index (χ1) is 14.9. The predicted molar refractivity (Wildman–Crippen MR) is 126 cm³/mol. The zero-order chi connectivity index (χ0) is 21.6. The van der Waals surface area contributed by atoms with Gasteiger partial charge in [-0.2, -0.15) is 0 Å². The average Bonchev–Trinajstić information content (AvgIpc) is 3.47. The number of carbonyl (C=O) groups excluding carboxylic acids is 1. The largest absolute Gasteiger partial charge is 0.321 e. The van der Waals surface area contributed by atoms with Crippen molar-refractivity contribution >= 4 is 49.4 Å². The number of benzene rings is 3. The summed E-state index contributed by atoms with van der Waals surface area (Å²) >= 11 is 1.18. The number of carbonyl (C=O) groups is 1. The van der Waals surface area contributed by atoms with Crippen molar-refractivity contribution in [3.8, 4) is 0 Å². The number of rotatable bonds is 5. The van der Waals surface area contributed by atoms with Crippen LogP contribution in [0.1, 0.15) is 21.5 Å². The molecule has 156 valence electrons. The van der Waals surface area contributed by atoms with Crippen LogP contribution in [-0.2, 0) is 22.9 Å². The van der Waals surface area contributed by atoms with Gasteiger partial charge in [-0.1, -0.05) is 30.3 Å². The smallest absolute Gasteiger partial charge is 0.273 e. The van der Waals surface area contributed by atoms with Gasteiger partial charge in [-0.05, 0) is 71.1 Å². The number of aryl methyl sites for hydroxylation is 2. The van der Waals surface area contributed by atoms with Crippen LogP contribution in [0, 0.1) is 0 Å². The summed E-state index contributed by atoms with van der Waals surface area (Å²) in [4.78, 5) is 12.9. The van der Waals surface area contributed by atoms with Crippen molar-refractivity contribution in [2.75, 3.05) is 16.7 Å². The van der Waals surface area contributed by atoms with E-state index >= 15 is 0 Å². The van der Waals surface area contributed by atoms with Crippen molar-refractivity contribution in [3.63, 3.8) is 0 Å². The number of hydrogen-bond acceptors (Lipinski definition) is 4. The van der Waals surface area contributed by atoms with Gasteiger partial charge < -0.3 is 5.32 Å². The number of thiophene rings is 1. The van der Waals surface area contributed by atoms with Crippen LogP contribution in [0.4, 0.5) is 11.4 Å². The van der Waals surface area contributed by atoms with E-state index < -0.39 is 10.0 Å². The fraction of sp³-hybridized carbons (Fsp3) is 0.125. The summed E-state index contributed by atoms with van der Waals surface area (Å²) in [5, 5.41) is 7.05. The first-order valence-electron chi connectivity index (χ1n) is 9.92. The molecule has 1 N–H and O–H groups in total. The highest BCUT2D eigenvalue weighted by Gasteiger charge is 2.22. The second-order valence-corrected chi connectivity index (χ2v) is 10.7. The second kappa shape index (κ2) is 7.51. The lowest BCUT2D eigenvalue weighted by molar-refractivity contribution is 0.102. The van der Waals surface area contributed by atoms with Crippen molar-refractivity contribution in [1.29, 1.82) is 0 Å². The van der Waals surface area contributed by atoms with Gasteiger partial charge in [-0.25, -0.2) is 8.42 Å². The molecule has 1 aromatic heterocycles. The van der Waals surface area contributed by atoms with Gasteiger partial charge in [0.15, 0.2) is 0 Å². The molecule has 1 heterocycles. The molecule has 1 aliphatic carbocycles. The maximum Gasteiger partial charge on any atom is 0.273 e.